The Hall–Kier alpha value is -1.88. The van der Waals surface area contributed by atoms with Crippen LogP contribution in [0.1, 0.15) is 50.4 Å². The van der Waals surface area contributed by atoms with E-state index in [1.54, 1.807) is 31.2 Å². The number of hydrogen-bond acceptors (Lipinski definition) is 4. The number of carbonyl (C=O) groups excluding carboxylic acids is 2. The van der Waals surface area contributed by atoms with Crippen molar-refractivity contribution in [1.29, 1.82) is 0 Å². The average molecular weight is 332 g/mol. The smallest absolute Gasteiger partial charge is 0.261 e. The summed E-state index contributed by atoms with van der Waals surface area (Å²) in [5.74, 6) is 0.404. The van der Waals surface area contributed by atoms with E-state index in [1.807, 2.05) is 0 Å². The van der Waals surface area contributed by atoms with Crippen LogP contribution < -0.4 is 10.1 Å². The summed E-state index contributed by atoms with van der Waals surface area (Å²) < 4.78 is 5.70. The van der Waals surface area contributed by atoms with Gasteiger partial charge in [-0.1, -0.05) is 19.1 Å². The summed E-state index contributed by atoms with van der Waals surface area (Å²) in [6.45, 7) is 8.47. The van der Waals surface area contributed by atoms with E-state index in [1.165, 1.54) is 19.8 Å². The molecule has 1 N–H and O–H groups in total. The Morgan fingerprint density at radius 1 is 1.29 bits per heavy atom. The third kappa shape index (κ3) is 5.34. The van der Waals surface area contributed by atoms with E-state index in [2.05, 4.69) is 17.1 Å². The van der Waals surface area contributed by atoms with Crippen LogP contribution in [0.2, 0.25) is 0 Å². The number of nitrogens with one attached hydrogen (secondary N) is 1. The van der Waals surface area contributed by atoms with Gasteiger partial charge in [0.1, 0.15) is 5.75 Å². The summed E-state index contributed by atoms with van der Waals surface area (Å²) in [5.41, 5.74) is 0.584. The SMILES string of the molecule is CC[C@@H](CN1CCCC1)NC(=O)[C@H](C)Oc1cccc(C(C)=O)c1. The maximum atomic E-state index is 12.4. The van der Waals surface area contributed by atoms with Crippen LogP contribution in [0.15, 0.2) is 24.3 Å². The van der Waals surface area contributed by atoms with Crippen molar-refractivity contribution in [1.82, 2.24) is 10.2 Å². The van der Waals surface area contributed by atoms with E-state index in [0.29, 0.717) is 11.3 Å². The molecule has 1 fully saturated rings. The third-order valence-electron chi connectivity index (χ3n) is 4.44. The van der Waals surface area contributed by atoms with Gasteiger partial charge < -0.3 is 15.0 Å². The van der Waals surface area contributed by atoms with Crippen LogP contribution in [-0.4, -0.2) is 48.4 Å². The first-order chi connectivity index (χ1) is 11.5. The summed E-state index contributed by atoms with van der Waals surface area (Å²) in [6, 6.07) is 7.08. The van der Waals surface area contributed by atoms with Gasteiger partial charge in [0.05, 0.1) is 0 Å². The Labute approximate surface area is 144 Å². The van der Waals surface area contributed by atoms with Crippen LogP contribution in [0.5, 0.6) is 5.75 Å². The molecule has 24 heavy (non-hydrogen) atoms. The Morgan fingerprint density at radius 2 is 2.00 bits per heavy atom. The van der Waals surface area contributed by atoms with Crippen molar-refractivity contribution in [2.45, 2.75) is 52.2 Å². The molecule has 1 amide bonds. The Balaban J connectivity index is 1.88. The van der Waals surface area contributed by atoms with Gasteiger partial charge >= 0.3 is 0 Å². The minimum absolute atomic E-state index is 0.0192. The van der Waals surface area contributed by atoms with Crippen molar-refractivity contribution in [2.24, 2.45) is 0 Å². The topological polar surface area (TPSA) is 58.6 Å². The number of hydrogen-bond donors (Lipinski definition) is 1. The monoisotopic (exact) mass is 332 g/mol. The van der Waals surface area contributed by atoms with Crippen LogP contribution in [0.25, 0.3) is 0 Å². The largest absolute Gasteiger partial charge is 0.481 e. The highest BCUT2D eigenvalue weighted by molar-refractivity contribution is 5.94. The standard InChI is InChI=1S/C19H28N2O3/c1-4-17(13-21-10-5-6-11-21)20-19(23)15(3)24-18-9-7-8-16(12-18)14(2)22/h7-9,12,15,17H,4-6,10-11,13H2,1-3H3,(H,20,23)/t15-,17-/m0/s1. The summed E-state index contributed by atoms with van der Waals surface area (Å²) in [4.78, 5) is 26.2. The average Bonchev–Trinajstić information content (AvgIpc) is 3.07. The Kier molecular flexibility index (Phi) is 6.79. The molecule has 0 bridgehead atoms. The molecule has 0 aromatic heterocycles. The van der Waals surface area contributed by atoms with Gasteiger partial charge in [-0.2, -0.15) is 0 Å². The minimum atomic E-state index is -0.597. The van der Waals surface area contributed by atoms with Crippen molar-refractivity contribution in [3.05, 3.63) is 29.8 Å². The number of nitrogens with zero attached hydrogens (tertiary/aromatic N) is 1. The molecule has 1 heterocycles. The molecule has 5 heteroatoms. The summed E-state index contributed by atoms with van der Waals surface area (Å²) in [5, 5.41) is 3.08. The number of ketones is 1. The van der Waals surface area contributed by atoms with Gasteiger partial charge in [-0.15, -0.1) is 0 Å². The number of amides is 1. The lowest BCUT2D eigenvalue weighted by Gasteiger charge is -2.25. The van der Waals surface area contributed by atoms with Crippen LogP contribution in [0.3, 0.4) is 0 Å². The predicted molar refractivity (Wildman–Crippen MR) is 94.4 cm³/mol. The highest BCUT2D eigenvalue weighted by Crippen LogP contribution is 2.16. The molecule has 1 aromatic rings. The Bertz CT molecular complexity index is 567. The van der Waals surface area contributed by atoms with Gasteiger partial charge in [0.25, 0.3) is 5.91 Å². The van der Waals surface area contributed by atoms with Crippen molar-refractivity contribution in [2.75, 3.05) is 19.6 Å². The minimum Gasteiger partial charge on any atom is -0.481 e. The van der Waals surface area contributed by atoms with E-state index < -0.39 is 6.10 Å². The number of ether oxygens (including phenoxy) is 1. The molecular weight excluding hydrogens is 304 g/mol. The molecule has 0 unspecified atom stereocenters. The van der Waals surface area contributed by atoms with Crippen LogP contribution >= 0.6 is 0 Å². The lowest BCUT2D eigenvalue weighted by Crippen LogP contribution is -2.47. The second kappa shape index (κ2) is 8.83. The van der Waals surface area contributed by atoms with Gasteiger partial charge in [0.15, 0.2) is 11.9 Å². The van der Waals surface area contributed by atoms with Crippen molar-refractivity contribution in [3.63, 3.8) is 0 Å². The second-order valence-electron chi connectivity index (χ2n) is 6.47. The molecule has 2 atom stereocenters. The van der Waals surface area contributed by atoms with Crippen molar-refractivity contribution in [3.8, 4) is 5.75 Å². The number of rotatable bonds is 8. The predicted octanol–water partition coefficient (Wildman–Crippen LogP) is 2.65. The molecule has 132 valence electrons. The molecule has 0 radical (unpaired) electrons. The van der Waals surface area contributed by atoms with Gasteiger partial charge in [0.2, 0.25) is 0 Å². The highest BCUT2D eigenvalue weighted by Gasteiger charge is 2.21. The highest BCUT2D eigenvalue weighted by atomic mass is 16.5. The van der Waals surface area contributed by atoms with E-state index in [4.69, 9.17) is 4.74 Å². The fourth-order valence-electron chi connectivity index (χ4n) is 2.92. The molecule has 0 aliphatic carbocycles. The first-order valence-electron chi connectivity index (χ1n) is 8.80. The lowest BCUT2D eigenvalue weighted by atomic mass is 10.1. The number of Topliss-reactive ketones (excluding diaryl/α,β-unsaturated/α-hetero) is 1. The molecular formula is C19H28N2O3. The number of carbonyl (C=O) groups is 2. The molecule has 1 saturated heterocycles. The summed E-state index contributed by atoms with van der Waals surface area (Å²) in [7, 11) is 0. The van der Waals surface area contributed by atoms with Crippen LogP contribution in [0, 0.1) is 0 Å². The summed E-state index contributed by atoms with van der Waals surface area (Å²) in [6.07, 6.45) is 2.79. The first kappa shape index (κ1) is 18.5. The lowest BCUT2D eigenvalue weighted by molar-refractivity contribution is -0.128. The normalized spacial score (nSPS) is 17.3. The maximum absolute atomic E-state index is 12.4. The van der Waals surface area contributed by atoms with Gasteiger partial charge in [0, 0.05) is 18.2 Å². The van der Waals surface area contributed by atoms with E-state index >= 15 is 0 Å². The molecule has 2 rings (SSSR count). The zero-order valence-corrected chi connectivity index (χ0v) is 14.9. The van der Waals surface area contributed by atoms with Crippen LogP contribution in [0.4, 0.5) is 0 Å². The molecule has 0 saturated carbocycles. The number of benzene rings is 1. The van der Waals surface area contributed by atoms with Crippen molar-refractivity contribution >= 4 is 11.7 Å². The van der Waals surface area contributed by atoms with Crippen molar-refractivity contribution < 1.29 is 14.3 Å². The first-order valence-corrected chi connectivity index (χ1v) is 8.80. The molecule has 0 spiro atoms. The fraction of sp³-hybridized carbons (Fsp3) is 0.579. The van der Waals surface area contributed by atoms with Gasteiger partial charge in [-0.25, -0.2) is 0 Å². The number of likely N-dealkylation sites (tertiary alicyclic amines) is 1. The third-order valence-corrected chi connectivity index (χ3v) is 4.44. The quantitative estimate of drug-likeness (QED) is 0.744. The Morgan fingerprint density at radius 3 is 2.62 bits per heavy atom. The molecule has 1 aromatic carbocycles. The molecule has 5 nitrogen and oxygen atoms in total. The van der Waals surface area contributed by atoms with Gasteiger partial charge in [-0.05, 0) is 58.3 Å². The van der Waals surface area contributed by atoms with E-state index in [0.717, 1.165) is 26.1 Å². The van der Waals surface area contributed by atoms with Crippen LogP contribution in [-0.2, 0) is 4.79 Å². The van der Waals surface area contributed by atoms with E-state index in [-0.39, 0.29) is 17.7 Å². The summed E-state index contributed by atoms with van der Waals surface area (Å²) >= 11 is 0. The molecule has 1 aliphatic heterocycles. The zero-order valence-electron chi connectivity index (χ0n) is 14.9. The second-order valence-corrected chi connectivity index (χ2v) is 6.47. The van der Waals surface area contributed by atoms with E-state index in [9.17, 15) is 9.59 Å². The fourth-order valence-corrected chi connectivity index (χ4v) is 2.92. The zero-order chi connectivity index (χ0) is 17.5. The maximum Gasteiger partial charge on any atom is 0.261 e. The van der Waals surface area contributed by atoms with Gasteiger partial charge in [-0.3, -0.25) is 9.59 Å². The molecule has 1 aliphatic rings.